The Morgan fingerprint density at radius 2 is 1.80 bits per heavy atom. The van der Waals surface area contributed by atoms with Gasteiger partial charge in [-0.05, 0) is 31.5 Å². The molecule has 2 heterocycles. The van der Waals surface area contributed by atoms with Crippen LogP contribution in [0.2, 0.25) is 0 Å². The van der Waals surface area contributed by atoms with E-state index in [-0.39, 0.29) is 5.65 Å². The summed E-state index contributed by atoms with van der Waals surface area (Å²) in [5.41, 5.74) is 1.40. The summed E-state index contributed by atoms with van der Waals surface area (Å²) in [6, 6.07) is 9.25. The summed E-state index contributed by atoms with van der Waals surface area (Å²) in [5.74, 6) is -0.0834. The molecule has 0 bridgehead atoms. The van der Waals surface area contributed by atoms with Crippen LogP contribution in [0.4, 0.5) is 19.0 Å². The summed E-state index contributed by atoms with van der Waals surface area (Å²) in [6.45, 7) is 4.19. The van der Waals surface area contributed by atoms with Crippen molar-refractivity contribution in [2.24, 2.45) is 0 Å². The van der Waals surface area contributed by atoms with E-state index in [0.29, 0.717) is 30.1 Å². The molecule has 0 saturated heterocycles. The topological polar surface area (TPSA) is 64.3 Å². The number of anilines is 1. The second-order valence-corrected chi connectivity index (χ2v) is 5.44. The van der Waals surface area contributed by atoms with Crippen molar-refractivity contribution in [3.8, 4) is 5.75 Å². The molecule has 0 aliphatic heterocycles. The first-order valence-corrected chi connectivity index (χ1v) is 7.59. The van der Waals surface area contributed by atoms with E-state index >= 15 is 0 Å². The van der Waals surface area contributed by atoms with Crippen LogP contribution in [0, 0.1) is 13.8 Å². The third kappa shape index (κ3) is 3.49. The molecule has 0 saturated carbocycles. The second-order valence-electron chi connectivity index (χ2n) is 5.44. The zero-order chi connectivity index (χ0) is 18.0. The highest BCUT2D eigenvalue weighted by Crippen LogP contribution is 2.29. The zero-order valence-corrected chi connectivity index (χ0v) is 13.6. The maximum absolute atomic E-state index is 13.0. The van der Waals surface area contributed by atoms with Gasteiger partial charge in [-0.3, -0.25) is 0 Å². The highest BCUT2D eigenvalue weighted by atomic mass is 19.4. The van der Waals surface area contributed by atoms with Crippen LogP contribution in [-0.4, -0.2) is 33.0 Å². The van der Waals surface area contributed by atoms with Crippen molar-refractivity contribution in [3.05, 3.63) is 47.3 Å². The largest absolute Gasteiger partial charge is 0.492 e. The fraction of sp³-hybridized carbons (Fsp3) is 0.312. The summed E-state index contributed by atoms with van der Waals surface area (Å²) in [6.07, 6.45) is -4.62. The molecule has 25 heavy (non-hydrogen) atoms. The quantitative estimate of drug-likeness (QED) is 0.715. The number of ether oxygens (including phenoxy) is 1. The highest BCUT2D eigenvalue weighted by molar-refractivity contribution is 5.58. The van der Waals surface area contributed by atoms with E-state index in [2.05, 4.69) is 20.6 Å². The first-order chi connectivity index (χ1) is 11.9. The van der Waals surface area contributed by atoms with Gasteiger partial charge in [-0.25, -0.2) is 0 Å². The monoisotopic (exact) mass is 351 g/mol. The maximum atomic E-state index is 13.0. The number of fused-ring (bicyclic) bond motifs is 1. The molecule has 6 nitrogen and oxygen atoms in total. The molecule has 2 aromatic heterocycles. The minimum atomic E-state index is -4.62. The molecule has 0 atom stereocenters. The predicted octanol–water partition coefficient (Wildman–Crippen LogP) is 3.25. The number of para-hydroxylation sites is 1. The molecule has 3 aromatic rings. The predicted molar refractivity (Wildman–Crippen MR) is 85.7 cm³/mol. The van der Waals surface area contributed by atoms with E-state index in [1.54, 1.807) is 13.8 Å². The Hall–Kier alpha value is -2.84. The molecular weight excluding hydrogens is 335 g/mol. The molecule has 9 heteroatoms. The van der Waals surface area contributed by atoms with E-state index < -0.39 is 12.0 Å². The van der Waals surface area contributed by atoms with Crippen LogP contribution in [-0.2, 0) is 6.18 Å². The third-order valence-electron chi connectivity index (χ3n) is 3.75. The molecule has 0 unspecified atom stereocenters. The smallest absolute Gasteiger partial charge is 0.453 e. The van der Waals surface area contributed by atoms with Crippen LogP contribution in [0.15, 0.2) is 30.3 Å². The Bertz CT molecular complexity index is 877. The van der Waals surface area contributed by atoms with Crippen LogP contribution in [0.5, 0.6) is 5.75 Å². The number of alkyl halides is 3. The summed E-state index contributed by atoms with van der Waals surface area (Å²) in [7, 11) is 0. The van der Waals surface area contributed by atoms with E-state index in [9.17, 15) is 13.2 Å². The van der Waals surface area contributed by atoms with Crippen LogP contribution < -0.4 is 10.1 Å². The number of benzene rings is 1. The van der Waals surface area contributed by atoms with Crippen molar-refractivity contribution in [2.45, 2.75) is 20.0 Å². The fourth-order valence-corrected chi connectivity index (χ4v) is 2.33. The number of hydrogen-bond donors (Lipinski definition) is 1. The molecule has 0 amide bonds. The average molecular weight is 351 g/mol. The lowest BCUT2D eigenvalue weighted by Gasteiger charge is -2.13. The standard InChI is InChI=1S/C16H16F3N5O/c1-10-11(2)14-21-22-15(16(17,18)19)24(14)23-13(10)20-8-9-25-12-6-4-3-5-7-12/h3-7H,8-9H2,1-2H3,(H,20,23). The number of hydrogen-bond acceptors (Lipinski definition) is 5. The van der Waals surface area contributed by atoms with E-state index in [0.717, 1.165) is 10.3 Å². The number of aromatic nitrogens is 4. The summed E-state index contributed by atoms with van der Waals surface area (Å²) in [5, 5.41) is 13.8. The van der Waals surface area contributed by atoms with E-state index in [4.69, 9.17) is 4.74 Å². The molecule has 1 aromatic carbocycles. The summed E-state index contributed by atoms with van der Waals surface area (Å²) in [4.78, 5) is 0. The maximum Gasteiger partial charge on any atom is 0.453 e. The zero-order valence-electron chi connectivity index (χ0n) is 13.6. The third-order valence-corrected chi connectivity index (χ3v) is 3.75. The molecule has 3 rings (SSSR count). The lowest BCUT2D eigenvalue weighted by molar-refractivity contribution is -0.146. The van der Waals surface area contributed by atoms with Crippen LogP contribution >= 0.6 is 0 Å². The normalized spacial score (nSPS) is 11.7. The van der Waals surface area contributed by atoms with Gasteiger partial charge >= 0.3 is 6.18 Å². The SMILES string of the molecule is Cc1c(NCCOc2ccccc2)nn2c(C(F)(F)F)nnc2c1C. The summed E-state index contributed by atoms with van der Waals surface area (Å²) >= 11 is 0. The Balaban J connectivity index is 1.78. The number of nitrogens with one attached hydrogen (secondary N) is 1. The van der Waals surface area contributed by atoms with Crippen molar-refractivity contribution in [2.75, 3.05) is 18.5 Å². The van der Waals surface area contributed by atoms with Gasteiger partial charge in [0.2, 0.25) is 0 Å². The molecule has 1 N–H and O–H groups in total. The second kappa shape index (κ2) is 6.58. The molecule has 0 radical (unpaired) electrons. The van der Waals surface area contributed by atoms with Crippen LogP contribution in [0.1, 0.15) is 17.0 Å². The minimum absolute atomic E-state index is 0.0934. The molecule has 132 valence electrons. The Morgan fingerprint density at radius 1 is 1.08 bits per heavy atom. The number of rotatable bonds is 5. The highest BCUT2D eigenvalue weighted by Gasteiger charge is 2.38. The fourth-order valence-electron chi connectivity index (χ4n) is 2.33. The van der Waals surface area contributed by atoms with Gasteiger partial charge < -0.3 is 10.1 Å². The molecule has 0 fully saturated rings. The lowest BCUT2D eigenvalue weighted by atomic mass is 10.2. The van der Waals surface area contributed by atoms with Crippen molar-refractivity contribution < 1.29 is 17.9 Å². The van der Waals surface area contributed by atoms with Crippen molar-refractivity contribution in [1.29, 1.82) is 0 Å². The van der Waals surface area contributed by atoms with Gasteiger partial charge in [0.1, 0.15) is 12.4 Å². The molecular formula is C16H16F3N5O. The van der Waals surface area contributed by atoms with Gasteiger partial charge in [0.25, 0.3) is 5.82 Å². The number of aryl methyl sites for hydroxylation is 1. The van der Waals surface area contributed by atoms with Crippen molar-refractivity contribution >= 4 is 11.5 Å². The van der Waals surface area contributed by atoms with Gasteiger partial charge in [-0.2, -0.15) is 17.7 Å². The number of halogens is 3. The lowest BCUT2D eigenvalue weighted by Crippen LogP contribution is -2.17. The van der Waals surface area contributed by atoms with Gasteiger partial charge in [0, 0.05) is 5.56 Å². The minimum Gasteiger partial charge on any atom is -0.492 e. The Kier molecular flexibility index (Phi) is 4.47. The number of nitrogens with zero attached hydrogens (tertiary/aromatic N) is 4. The van der Waals surface area contributed by atoms with Gasteiger partial charge in [0.05, 0.1) is 6.54 Å². The Morgan fingerprint density at radius 3 is 2.48 bits per heavy atom. The molecule has 0 spiro atoms. The average Bonchev–Trinajstić information content (AvgIpc) is 3.01. The van der Waals surface area contributed by atoms with Crippen LogP contribution in [0.3, 0.4) is 0 Å². The summed E-state index contributed by atoms with van der Waals surface area (Å²) < 4.78 is 45.3. The van der Waals surface area contributed by atoms with Crippen molar-refractivity contribution in [3.63, 3.8) is 0 Å². The Labute approximate surface area is 141 Å². The first kappa shape index (κ1) is 17.0. The van der Waals surface area contributed by atoms with Gasteiger partial charge in [0.15, 0.2) is 11.5 Å². The molecule has 0 aliphatic carbocycles. The van der Waals surface area contributed by atoms with E-state index in [1.807, 2.05) is 30.3 Å². The van der Waals surface area contributed by atoms with E-state index in [1.165, 1.54) is 0 Å². The van der Waals surface area contributed by atoms with Gasteiger partial charge in [-0.1, -0.05) is 18.2 Å². The van der Waals surface area contributed by atoms with Gasteiger partial charge in [-0.15, -0.1) is 15.3 Å². The molecule has 0 aliphatic rings. The van der Waals surface area contributed by atoms with Crippen molar-refractivity contribution in [1.82, 2.24) is 19.8 Å². The van der Waals surface area contributed by atoms with Crippen LogP contribution in [0.25, 0.3) is 5.65 Å². The first-order valence-electron chi connectivity index (χ1n) is 7.59.